The number of fused-ring (bicyclic) bond motifs is 1. The van der Waals surface area contributed by atoms with Crippen LogP contribution in [-0.2, 0) is 6.54 Å². The van der Waals surface area contributed by atoms with Crippen LogP contribution in [0.3, 0.4) is 0 Å². The van der Waals surface area contributed by atoms with E-state index >= 15 is 0 Å². The molecule has 1 N–H and O–H groups in total. The van der Waals surface area contributed by atoms with E-state index in [4.69, 9.17) is 0 Å². The molecular formula is C26H44N2O. The molecule has 1 aromatic heterocycles. The summed E-state index contributed by atoms with van der Waals surface area (Å²) >= 11 is 0. The number of aromatic nitrogens is 2. The molecule has 0 aliphatic heterocycles. The number of nitrogens with zero attached hydrogens (tertiary/aromatic N) is 2. The van der Waals surface area contributed by atoms with Crippen LogP contribution in [0.1, 0.15) is 115 Å². The maximum atomic E-state index is 9.61. The minimum Gasteiger partial charge on any atom is -0.508 e. The standard InChI is InChI=1S/C26H44N2O/c1-3-4-5-6-7-8-9-10-11-12-13-14-15-16-17-18-21-28-23(2)27-25-22-24(29)19-20-26(25)28/h19-20,22,29H,3-18,21H2,1-2H3. The summed E-state index contributed by atoms with van der Waals surface area (Å²) in [4.78, 5) is 4.57. The van der Waals surface area contributed by atoms with Crippen molar-refractivity contribution in [1.29, 1.82) is 0 Å². The lowest BCUT2D eigenvalue weighted by Crippen LogP contribution is -2.00. The van der Waals surface area contributed by atoms with Crippen molar-refractivity contribution in [3.05, 3.63) is 24.0 Å². The second-order valence-corrected chi connectivity index (χ2v) is 8.79. The van der Waals surface area contributed by atoms with Gasteiger partial charge >= 0.3 is 0 Å². The smallest absolute Gasteiger partial charge is 0.117 e. The molecule has 1 heterocycles. The molecule has 2 aromatic rings. The summed E-state index contributed by atoms with van der Waals surface area (Å²) in [6.45, 7) is 5.38. The highest BCUT2D eigenvalue weighted by Gasteiger charge is 2.07. The first-order valence-electron chi connectivity index (χ1n) is 12.4. The molecule has 0 radical (unpaired) electrons. The molecule has 0 amide bonds. The molecule has 3 nitrogen and oxygen atoms in total. The Morgan fingerprint density at radius 2 is 1.21 bits per heavy atom. The van der Waals surface area contributed by atoms with Crippen LogP contribution >= 0.6 is 0 Å². The summed E-state index contributed by atoms with van der Waals surface area (Å²) in [5.41, 5.74) is 2.04. The Labute approximate surface area is 178 Å². The zero-order valence-corrected chi connectivity index (χ0v) is 19.1. The Kier molecular flexibility index (Phi) is 11.9. The summed E-state index contributed by atoms with van der Waals surface area (Å²) in [6.07, 6.45) is 22.4. The minimum atomic E-state index is 0.296. The summed E-state index contributed by atoms with van der Waals surface area (Å²) in [5.74, 6) is 1.34. The first kappa shape index (κ1) is 23.8. The molecule has 1 aromatic carbocycles. The topological polar surface area (TPSA) is 38.0 Å². The molecule has 29 heavy (non-hydrogen) atoms. The molecule has 0 aliphatic rings. The maximum absolute atomic E-state index is 9.61. The predicted molar refractivity (Wildman–Crippen MR) is 126 cm³/mol. The third-order valence-electron chi connectivity index (χ3n) is 6.16. The molecule has 0 bridgehead atoms. The number of aromatic hydroxyl groups is 1. The van der Waals surface area contributed by atoms with Gasteiger partial charge in [-0.25, -0.2) is 4.98 Å². The molecule has 0 unspecified atom stereocenters. The van der Waals surface area contributed by atoms with Gasteiger partial charge in [0.05, 0.1) is 11.0 Å². The molecule has 164 valence electrons. The van der Waals surface area contributed by atoms with E-state index in [-0.39, 0.29) is 0 Å². The van der Waals surface area contributed by atoms with E-state index in [1.54, 1.807) is 12.1 Å². The number of phenolic OH excluding ortho intramolecular Hbond substituents is 1. The van der Waals surface area contributed by atoms with Crippen LogP contribution in [0.25, 0.3) is 11.0 Å². The molecular weight excluding hydrogens is 356 g/mol. The zero-order valence-electron chi connectivity index (χ0n) is 19.1. The maximum Gasteiger partial charge on any atom is 0.117 e. The quantitative estimate of drug-likeness (QED) is 0.271. The summed E-state index contributed by atoms with van der Waals surface area (Å²) in [5, 5.41) is 9.61. The summed E-state index contributed by atoms with van der Waals surface area (Å²) in [7, 11) is 0. The average Bonchev–Trinajstić information content (AvgIpc) is 3.01. The van der Waals surface area contributed by atoms with Crippen molar-refractivity contribution >= 4 is 11.0 Å². The Hall–Kier alpha value is -1.51. The first-order valence-corrected chi connectivity index (χ1v) is 12.4. The highest BCUT2D eigenvalue weighted by molar-refractivity contribution is 5.77. The molecule has 0 atom stereocenters. The highest BCUT2D eigenvalue weighted by atomic mass is 16.3. The van der Waals surface area contributed by atoms with Crippen LogP contribution in [0, 0.1) is 6.92 Å². The van der Waals surface area contributed by atoms with Gasteiger partial charge in [0.1, 0.15) is 11.6 Å². The second kappa shape index (κ2) is 14.5. The van der Waals surface area contributed by atoms with Crippen molar-refractivity contribution in [2.24, 2.45) is 0 Å². The van der Waals surface area contributed by atoms with Gasteiger partial charge in [0.25, 0.3) is 0 Å². The lowest BCUT2D eigenvalue weighted by molar-refractivity contribution is 0.476. The van der Waals surface area contributed by atoms with E-state index in [0.717, 1.165) is 23.4 Å². The van der Waals surface area contributed by atoms with Crippen LogP contribution in [0.4, 0.5) is 0 Å². The fraction of sp³-hybridized carbons (Fsp3) is 0.731. The third kappa shape index (κ3) is 9.23. The van der Waals surface area contributed by atoms with Gasteiger partial charge in [0.2, 0.25) is 0 Å². The number of aryl methyl sites for hydroxylation is 2. The van der Waals surface area contributed by atoms with Gasteiger partial charge in [0, 0.05) is 12.6 Å². The lowest BCUT2D eigenvalue weighted by atomic mass is 10.0. The van der Waals surface area contributed by atoms with Gasteiger partial charge in [-0.2, -0.15) is 0 Å². The normalized spacial score (nSPS) is 11.5. The Morgan fingerprint density at radius 3 is 1.72 bits per heavy atom. The van der Waals surface area contributed by atoms with Gasteiger partial charge in [-0.05, 0) is 25.5 Å². The van der Waals surface area contributed by atoms with Crippen molar-refractivity contribution in [1.82, 2.24) is 9.55 Å². The van der Waals surface area contributed by atoms with E-state index < -0.39 is 0 Å². The van der Waals surface area contributed by atoms with Crippen LogP contribution in [0.15, 0.2) is 18.2 Å². The summed E-state index contributed by atoms with van der Waals surface area (Å²) < 4.78 is 2.29. The van der Waals surface area contributed by atoms with Gasteiger partial charge in [-0.1, -0.05) is 103 Å². The Bertz CT molecular complexity index is 677. The van der Waals surface area contributed by atoms with Crippen molar-refractivity contribution in [2.75, 3.05) is 0 Å². The van der Waals surface area contributed by atoms with Crippen LogP contribution in [0.5, 0.6) is 5.75 Å². The fourth-order valence-electron chi connectivity index (χ4n) is 4.34. The minimum absolute atomic E-state index is 0.296. The largest absolute Gasteiger partial charge is 0.508 e. The number of unbranched alkanes of at least 4 members (excludes halogenated alkanes) is 15. The molecule has 0 saturated heterocycles. The Balaban J connectivity index is 1.41. The third-order valence-corrected chi connectivity index (χ3v) is 6.16. The molecule has 0 fully saturated rings. The molecule has 0 aliphatic carbocycles. The highest BCUT2D eigenvalue weighted by Crippen LogP contribution is 2.21. The molecule has 2 rings (SSSR count). The van der Waals surface area contributed by atoms with E-state index in [1.807, 2.05) is 6.07 Å². The molecule has 3 heteroatoms. The van der Waals surface area contributed by atoms with E-state index in [2.05, 4.69) is 23.4 Å². The number of hydrogen-bond acceptors (Lipinski definition) is 2. The predicted octanol–water partition coefficient (Wildman–Crippen LogP) is 8.31. The zero-order chi connectivity index (χ0) is 20.7. The molecule has 0 saturated carbocycles. The fourth-order valence-corrected chi connectivity index (χ4v) is 4.34. The first-order chi connectivity index (χ1) is 14.2. The number of imidazole rings is 1. The van der Waals surface area contributed by atoms with Crippen molar-refractivity contribution in [3.8, 4) is 5.75 Å². The van der Waals surface area contributed by atoms with Gasteiger partial charge in [0.15, 0.2) is 0 Å². The SMILES string of the molecule is CCCCCCCCCCCCCCCCCCn1c(C)nc2cc(O)ccc21. The van der Waals surface area contributed by atoms with Gasteiger partial charge in [-0.15, -0.1) is 0 Å². The molecule has 0 spiro atoms. The second-order valence-electron chi connectivity index (χ2n) is 8.79. The Morgan fingerprint density at radius 1 is 0.724 bits per heavy atom. The number of hydrogen-bond donors (Lipinski definition) is 1. The van der Waals surface area contributed by atoms with Crippen LogP contribution in [0.2, 0.25) is 0 Å². The number of phenols is 1. The lowest BCUT2D eigenvalue weighted by Gasteiger charge is -2.07. The van der Waals surface area contributed by atoms with Crippen LogP contribution in [-0.4, -0.2) is 14.7 Å². The summed E-state index contributed by atoms with van der Waals surface area (Å²) in [6, 6.07) is 5.50. The van der Waals surface area contributed by atoms with E-state index in [9.17, 15) is 5.11 Å². The van der Waals surface area contributed by atoms with E-state index in [0.29, 0.717) is 5.75 Å². The van der Waals surface area contributed by atoms with E-state index in [1.165, 1.54) is 103 Å². The van der Waals surface area contributed by atoms with Gasteiger partial charge < -0.3 is 9.67 Å². The van der Waals surface area contributed by atoms with Gasteiger partial charge in [-0.3, -0.25) is 0 Å². The number of rotatable bonds is 17. The van der Waals surface area contributed by atoms with Crippen molar-refractivity contribution in [3.63, 3.8) is 0 Å². The van der Waals surface area contributed by atoms with Crippen molar-refractivity contribution < 1.29 is 5.11 Å². The van der Waals surface area contributed by atoms with Crippen molar-refractivity contribution in [2.45, 2.75) is 123 Å². The monoisotopic (exact) mass is 400 g/mol. The average molecular weight is 401 g/mol. The van der Waals surface area contributed by atoms with Crippen LogP contribution < -0.4 is 0 Å². The number of benzene rings is 1.